The van der Waals surface area contributed by atoms with E-state index >= 15 is 0 Å². The summed E-state index contributed by atoms with van der Waals surface area (Å²) in [4.78, 5) is 32.2. The summed E-state index contributed by atoms with van der Waals surface area (Å²) in [5.41, 5.74) is 2.79. The van der Waals surface area contributed by atoms with Crippen LogP contribution in [-0.2, 0) is 11.3 Å². The third-order valence-corrected chi connectivity index (χ3v) is 7.51. The van der Waals surface area contributed by atoms with Crippen molar-refractivity contribution in [3.05, 3.63) is 95.8 Å². The fraction of sp³-hybridized carbons (Fsp3) is 0.250. The molecule has 1 saturated heterocycles. The van der Waals surface area contributed by atoms with E-state index < -0.39 is 5.82 Å². The third kappa shape index (κ3) is 6.35. The molecule has 2 aliphatic rings. The molecule has 3 aromatic carbocycles. The maximum atomic E-state index is 13.5. The Morgan fingerprint density at radius 3 is 2.33 bits per heavy atom. The minimum absolute atomic E-state index is 0.124. The lowest BCUT2D eigenvalue weighted by Crippen LogP contribution is -2.52. The number of anilines is 1. The second-order valence-corrected chi connectivity index (χ2v) is 10.2. The second-order valence-electron chi connectivity index (χ2n) is 10.2. The van der Waals surface area contributed by atoms with Crippen molar-refractivity contribution in [3.63, 3.8) is 0 Å². The number of ether oxygens (including phenoxy) is 3. The Morgan fingerprint density at radius 2 is 1.63 bits per heavy atom. The largest absolute Gasteiger partial charge is 0.497 e. The normalized spacial score (nSPS) is 14.0. The Bertz CT molecular complexity index is 1590. The summed E-state index contributed by atoms with van der Waals surface area (Å²) in [7, 11) is 1.63. The molecule has 2 aliphatic heterocycles. The van der Waals surface area contributed by atoms with Crippen LogP contribution in [0.1, 0.15) is 15.9 Å². The van der Waals surface area contributed by atoms with Gasteiger partial charge in [-0.3, -0.25) is 9.59 Å². The summed E-state index contributed by atoms with van der Waals surface area (Å²) in [6.07, 6.45) is 0. The maximum absolute atomic E-state index is 13.5. The van der Waals surface area contributed by atoms with Crippen molar-refractivity contribution in [2.24, 2.45) is 0 Å². The molecule has 0 saturated carbocycles. The van der Waals surface area contributed by atoms with Crippen molar-refractivity contribution in [1.82, 2.24) is 20.0 Å². The van der Waals surface area contributed by atoms with Crippen LogP contribution in [0, 0.1) is 5.82 Å². The molecule has 6 rings (SSSR count). The molecular weight excluding hydrogens is 553 g/mol. The molecule has 2 amide bonds. The number of methoxy groups -OCH3 is 1. The minimum atomic E-state index is -0.437. The number of hydrogen-bond acceptors (Lipinski definition) is 8. The number of carbonyl (C=O) groups excluding carboxylic acids is 2. The zero-order valence-electron chi connectivity index (χ0n) is 23.6. The number of carbonyl (C=O) groups is 2. The number of piperazine rings is 1. The van der Waals surface area contributed by atoms with Crippen LogP contribution in [0.25, 0.3) is 11.3 Å². The Kier molecular flexibility index (Phi) is 8.03. The maximum Gasteiger partial charge on any atom is 0.254 e. The molecular formula is C32H30FN5O5. The lowest BCUT2D eigenvalue weighted by molar-refractivity contribution is -0.132. The van der Waals surface area contributed by atoms with Crippen molar-refractivity contribution in [2.75, 3.05) is 51.5 Å². The predicted octanol–water partition coefficient (Wildman–Crippen LogP) is 4.01. The molecule has 0 radical (unpaired) electrons. The molecule has 1 aromatic heterocycles. The molecule has 11 heteroatoms. The van der Waals surface area contributed by atoms with Crippen LogP contribution in [0.3, 0.4) is 0 Å². The number of hydrogen-bond donors (Lipinski definition) is 0. The number of aromatic nitrogens is 2. The van der Waals surface area contributed by atoms with Gasteiger partial charge in [-0.1, -0.05) is 6.07 Å². The highest BCUT2D eigenvalue weighted by atomic mass is 19.1. The zero-order valence-corrected chi connectivity index (χ0v) is 23.6. The molecule has 0 atom stereocenters. The van der Waals surface area contributed by atoms with Gasteiger partial charge in [-0.25, -0.2) is 4.39 Å². The minimum Gasteiger partial charge on any atom is -0.497 e. The van der Waals surface area contributed by atoms with Gasteiger partial charge in [0.2, 0.25) is 12.7 Å². The average molecular weight is 584 g/mol. The first-order chi connectivity index (χ1) is 21.0. The first kappa shape index (κ1) is 28.0. The SMILES string of the molecule is COc1ccc(-c2ccc(N3CCN(C(=O)CN(Cc4ccc5c(c4)OCO5)C(=O)c4ccc(F)cc4)CC3)nn2)cc1. The van der Waals surface area contributed by atoms with Gasteiger partial charge in [0, 0.05) is 43.9 Å². The summed E-state index contributed by atoms with van der Waals surface area (Å²) in [5, 5.41) is 8.81. The van der Waals surface area contributed by atoms with Gasteiger partial charge in [-0.05, 0) is 78.4 Å². The third-order valence-electron chi connectivity index (χ3n) is 7.51. The van der Waals surface area contributed by atoms with E-state index in [2.05, 4.69) is 15.1 Å². The zero-order chi connectivity index (χ0) is 29.8. The van der Waals surface area contributed by atoms with Gasteiger partial charge < -0.3 is 28.9 Å². The Labute approximate surface area is 248 Å². The van der Waals surface area contributed by atoms with Crippen LogP contribution in [0.4, 0.5) is 10.2 Å². The molecule has 43 heavy (non-hydrogen) atoms. The quantitative estimate of drug-likeness (QED) is 0.307. The van der Waals surface area contributed by atoms with E-state index in [0.29, 0.717) is 43.2 Å². The standard InChI is InChI=1S/C32H30FN5O5/c1-41-26-9-5-23(6-10-26)27-11-13-30(35-34-27)36-14-16-37(17-15-36)31(39)20-38(32(40)24-3-7-25(33)8-4-24)19-22-2-12-28-29(18-22)43-21-42-28/h2-13,18H,14-17,19-21H2,1H3. The van der Waals surface area contributed by atoms with Crippen molar-refractivity contribution < 1.29 is 28.2 Å². The number of rotatable bonds is 8. The molecule has 0 N–H and O–H groups in total. The molecule has 0 unspecified atom stereocenters. The van der Waals surface area contributed by atoms with Crippen molar-refractivity contribution in [1.29, 1.82) is 0 Å². The number of benzene rings is 3. The Balaban J connectivity index is 1.10. The monoisotopic (exact) mass is 583 g/mol. The lowest BCUT2D eigenvalue weighted by atomic mass is 10.1. The number of fused-ring (bicyclic) bond motifs is 1. The first-order valence-electron chi connectivity index (χ1n) is 13.9. The van der Waals surface area contributed by atoms with E-state index in [1.165, 1.54) is 29.2 Å². The number of halogens is 1. The molecule has 4 aromatic rings. The van der Waals surface area contributed by atoms with Crippen LogP contribution < -0.4 is 19.1 Å². The Morgan fingerprint density at radius 1 is 0.884 bits per heavy atom. The van der Waals surface area contributed by atoms with Crippen LogP contribution in [0.15, 0.2) is 78.9 Å². The van der Waals surface area contributed by atoms with Gasteiger partial charge in [-0.2, -0.15) is 0 Å². The summed E-state index contributed by atoms with van der Waals surface area (Å²) in [5.74, 6) is 1.77. The number of amides is 2. The summed E-state index contributed by atoms with van der Waals surface area (Å²) >= 11 is 0. The van der Waals surface area contributed by atoms with E-state index in [0.717, 1.165) is 28.4 Å². The van der Waals surface area contributed by atoms with Crippen molar-refractivity contribution >= 4 is 17.6 Å². The van der Waals surface area contributed by atoms with Gasteiger partial charge in [0.15, 0.2) is 17.3 Å². The fourth-order valence-corrected chi connectivity index (χ4v) is 5.09. The first-order valence-corrected chi connectivity index (χ1v) is 13.9. The van der Waals surface area contributed by atoms with Crippen molar-refractivity contribution in [3.8, 4) is 28.5 Å². The van der Waals surface area contributed by atoms with E-state index in [1.54, 1.807) is 24.1 Å². The van der Waals surface area contributed by atoms with Gasteiger partial charge in [0.05, 0.1) is 12.8 Å². The smallest absolute Gasteiger partial charge is 0.254 e. The molecule has 220 valence electrons. The van der Waals surface area contributed by atoms with E-state index in [-0.39, 0.29) is 31.7 Å². The van der Waals surface area contributed by atoms with Gasteiger partial charge in [0.25, 0.3) is 5.91 Å². The Hall–Kier alpha value is -5.19. The highest BCUT2D eigenvalue weighted by molar-refractivity contribution is 5.96. The molecule has 0 aliphatic carbocycles. The molecule has 10 nitrogen and oxygen atoms in total. The molecule has 3 heterocycles. The van der Waals surface area contributed by atoms with E-state index in [4.69, 9.17) is 14.2 Å². The highest BCUT2D eigenvalue weighted by Crippen LogP contribution is 2.33. The summed E-state index contributed by atoms with van der Waals surface area (Å²) in [6.45, 7) is 2.30. The van der Waals surface area contributed by atoms with Gasteiger partial charge in [-0.15, -0.1) is 10.2 Å². The molecule has 1 fully saturated rings. The second kappa shape index (κ2) is 12.4. The lowest BCUT2D eigenvalue weighted by Gasteiger charge is -2.36. The van der Waals surface area contributed by atoms with Crippen LogP contribution in [0.2, 0.25) is 0 Å². The molecule has 0 bridgehead atoms. The number of nitrogens with zero attached hydrogens (tertiary/aromatic N) is 5. The molecule has 0 spiro atoms. The topological polar surface area (TPSA) is 97.3 Å². The summed E-state index contributed by atoms with van der Waals surface area (Å²) < 4.78 is 29.6. The van der Waals surface area contributed by atoms with Gasteiger partial charge in [0.1, 0.15) is 18.1 Å². The van der Waals surface area contributed by atoms with E-state index in [1.807, 2.05) is 42.5 Å². The van der Waals surface area contributed by atoms with Gasteiger partial charge >= 0.3 is 0 Å². The fourth-order valence-electron chi connectivity index (χ4n) is 5.09. The van der Waals surface area contributed by atoms with Crippen LogP contribution in [0.5, 0.6) is 17.2 Å². The average Bonchev–Trinajstić information content (AvgIpc) is 3.53. The van der Waals surface area contributed by atoms with Crippen molar-refractivity contribution in [2.45, 2.75) is 6.54 Å². The predicted molar refractivity (Wildman–Crippen MR) is 157 cm³/mol. The summed E-state index contributed by atoms with van der Waals surface area (Å²) in [6, 6.07) is 22.2. The van der Waals surface area contributed by atoms with Crippen LogP contribution >= 0.6 is 0 Å². The highest BCUT2D eigenvalue weighted by Gasteiger charge is 2.27. The van der Waals surface area contributed by atoms with E-state index in [9.17, 15) is 14.0 Å². The van der Waals surface area contributed by atoms with Crippen LogP contribution in [-0.4, -0.2) is 78.4 Å².